The van der Waals surface area contributed by atoms with Crippen molar-refractivity contribution in [1.82, 2.24) is 9.80 Å². The summed E-state index contributed by atoms with van der Waals surface area (Å²) < 4.78 is 12.0. The van der Waals surface area contributed by atoms with Crippen LogP contribution in [-0.4, -0.2) is 83.0 Å². The summed E-state index contributed by atoms with van der Waals surface area (Å²) in [5.74, 6) is -1.02. The third-order valence-electron chi connectivity index (χ3n) is 7.14. The van der Waals surface area contributed by atoms with Crippen LogP contribution in [0.25, 0.3) is 17.2 Å². The highest BCUT2D eigenvalue weighted by molar-refractivity contribution is 8.26. The first kappa shape index (κ1) is 32.9. The number of carbonyl (C=O) groups excluding carboxylic acids is 2. The first-order valence-electron chi connectivity index (χ1n) is 14.1. The van der Waals surface area contributed by atoms with Crippen molar-refractivity contribution in [1.29, 1.82) is 0 Å². The lowest BCUT2D eigenvalue weighted by Crippen LogP contribution is -2.38. The van der Waals surface area contributed by atoms with Crippen LogP contribution in [0.3, 0.4) is 0 Å². The Balaban J connectivity index is 1.27. The normalized spacial score (nSPS) is 16.3. The largest absolute Gasteiger partial charge is 0.492 e. The van der Waals surface area contributed by atoms with Crippen molar-refractivity contribution >= 4 is 81.0 Å². The number of halogens is 2. The average molecular weight is 687 g/mol. The number of rotatable bonds is 11. The fraction of sp³-hybridized carbons (Fsp3) is 0.250. The van der Waals surface area contributed by atoms with Gasteiger partial charge in [-0.05, 0) is 60.2 Å². The number of thioether (sulfide) groups is 1. The van der Waals surface area contributed by atoms with Gasteiger partial charge in [0.2, 0.25) is 5.91 Å². The molecule has 0 aromatic heterocycles. The molecular formula is C32H29Cl2N3O6S2. The first-order valence-corrected chi connectivity index (χ1v) is 16.1. The lowest BCUT2D eigenvalue weighted by atomic mass is 10.0. The average Bonchev–Trinajstić information content (AvgIpc) is 3.28. The molecule has 2 aliphatic rings. The van der Waals surface area contributed by atoms with Gasteiger partial charge >= 0.3 is 5.97 Å². The maximum absolute atomic E-state index is 13.3. The lowest BCUT2D eigenvalue weighted by molar-refractivity contribution is -0.122. The van der Waals surface area contributed by atoms with Gasteiger partial charge in [0.15, 0.2) is 0 Å². The number of amides is 2. The van der Waals surface area contributed by atoms with Gasteiger partial charge in [-0.2, -0.15) is 0 Å². The number of carbonyl (C=O) groups is 3. The predicted molar refractivity (Wildman–Crippen MR) is 181 cm³/mol. The molecule has 5 rings (SSSR count). The molecule has 0 atom stereocenters. The van der Waals surface area contributed by atoms with Gasteiger partial charge in [0.1, 0.15) is 16.7 Å². The van der Waals surface area contributed by atoms with Crippen molar-refractivity contribution < 1.29 is 29.0 Å². The molecule has 3 aromatic carbocycles. The summed E-state index contributed by atoms with van der Waals surface area (Å²) >= 11 is 19.4. The van der Waals surface area contributed by atoms with Gasteiger partial charge in [0.25, 0.3) is 5.91 Å². The Kier molecular flexibility index (Phi) is 11.1. The zero-order valence-electron chi connectivity index (χ0n) is 24.0. The van der Waals surface area contributed by atoms with Crippen LogP contribution in [-0.2, 0) is 14.3 Å². The highest BCUT2D eigenvalue weighted by atomic mass is 35.5. The van der Waals surface area contributed by atoms with E-state index in [2.05, 4.69) is 10.2 Å². The van der Waals surface area contributed by atoms with Gasteiger partial charge in [0, 0.05) is 54.4 Å². The summed E-state index contributed by atoms with van der Waals surface area (Å²) in [6, 6.07) is 16.7. The molecule has 0 spiro atoms. The van der Waals surface area contributed by atoms with E-state index in [0.717, 1.165) is 36.3 Å². The Morgan fingerprint density at radius 2 is 1.78 bits per heavy atom. The summed E-state index contributed by atoms with van der Waals surface area (Å²) in [6.45, 7) is 4.50. The summed E-state index contributed by atoms with van der Waals surface area (Å²) in [5, 5.41) is 12.7. The smallest absolute Gasteiger partial charge is 0.335 e. The quantitative estimate of drug-likeness (QED) is 0.178. The number of benzene rings is 3. The number of hydrogen-bond acceptors (Lipinski definition) is 8. The maximum Gasteiger partial charge on any atom is 0.335 e. The van der Waals surface area contributed by atoms with Crippen LogP contribution in [0.2, 0.25) is 10.0 Å². The number of carboxylic acids is 1. The molecule has 45 heavy (non-hydrogen) atoms. The van der Waals surface area contributed by atoms with E-state index in [0.29, 0.717) is 50.5 Å². The summed E-state index contributed by atoms with van der Waals surface area (Å²) in [6.07, 6.45) is 1.77. The Morgan fingerprint density at radius 3 is 2.49 bits per heavy atom. The van der Waals surface area contributed by atoms with Gasteiger partial charge in [-0.25, -0.2) is 4.79 Å². The zero-order valence-corrected chi connectivity index (χ0v) is 27.1. The second-order valence-electron chi connectivity index (χ2n) is 10.2. The van der Waals surface area contributed by atoms with E-state index in [1.807, 2.05) is 24.3 Å². The highest BCUT2D eigenvalue weighted by Crippen LogP contribution is 2.39. The minimum atomic E-state index is -1.05. The number of anilines is 1. The molecular weight excluding hydrogens is 657 g/mol. The van der Waals surface area contributed by atoms with Crippen LogP contribution in [0.1, 0.15) is 22.3 Å². The molecule has 234 valence electrons. The number of ether oxygens (including phenoxy) is 2. The van der Waals surface area contributed by atoms with Gasteiger partial charge in [0.05, 0.1) is 28.7 Å². The molecule has 2 amide bonds. The van der Waals surface area contributed by atoms with E-state index < -0.39 is 5.97 Å². The van der Waals surface area contributed by atoms with E-state index in [-0.39, 0.29) is 30.3 Å². The maximum atomic E-state index is 13.3. The monoisotopic (exact) mass is 685 g/mol. The molecule has 2 heterocycles. The summed E-state index contributed by atoms with van der Waals surface area (Å²) in [4.78, 5) is 41.0. The SMILES string of the molecule is O=C(CCN1C(=O)/C(=C/c2ccc(OCCN3CCOCC3)c(-c3ccc(Cl)cc3Cl)c2)SC1=S)Nc1ccc(C(=O)O)cc1. The van der Waals surface area contributed by atoms with E-state index >= 15 is 0 Å². The summed E-state index contributed by atoms with van der Waals surface area (Å²) in [5.41, 5.74) is 2.83. The van der Waals surface area contributed by atoms with Gasteiger partial charge in [-0.3, -0.25) is 19.4 Å². The molecule has 2 saturated heterocycles. The molecule has 0 radical (unpaired) electrons. The molecule has 0 saturated carbocycles. The van der Waals surface area contributed by atoms with Crippen LogP contribution in [0, 0.1) is 0 Å². The fourth-order valence-electron chi connectivity index (χ4n) is 4.77. The molecule has 2 aliphatic heterocycles. The van der Waals surface area contributed by atoms with Crippen molar-refractivity contribution in [2.45, 2.75) is 6.42 Å². The zero-order chi connectivity index (χ0) is 31.9. The standard InChI is InChI=1S/C32H29Cl2N3O6S2/c33-22-4-7-24(26(34)19-22)25-17-20(1-8-27(25)43-16-13-36-11-14-42-15-12-36)18-28-30(39)37(32(44)45-28)10-9-29(38)35-23-5-2-21(3-6-23)31(40)41/h1-8,17-19H,9-16H2,(H,35,38)(H,40,41)/b28-18-. The minimum Gasteiger partial charge on any atom is -0.492 e. The van der Waals surface area contributed by atoms with Crippen LogP contribution in [0.4, 0.5) is 5.69 Å². The Morgan fingerprint density at radius 1 is 1.02 bits per heavy atom. The van der Waals surface area contributed by atoms with E-state index in [9.17, 15) is 14.4 Å². The number of carboxylic acid groups (broad SMARTS) is 1. The third kappa shape index (κ3) is 8.63. The van der Waals surface area contributed by atoms with Crippen molar-refractivity contribution in [2.24, 2.45) is 0 Å². The Hall–Kier alpha value is -3.45. The van der Waals surface area contributed by atoms with Crippen molar-refractivity contribution in [3.63, 3.8) is 0 Å². The van der Waals surface area contributed by atoms with Gasteiger partial charge < -0.3 is 19.9 Å². The predicted octanol–water partition coefficient (Wildman–Crippen LogP) is 6.30. The number of nitrogens with one attached hydrogen (secondary N) is 1. The number of thiocarbonyl (C=S) groups is 1. The fourth-order valence-corrected chi connectivity index (χ4v) is 6.59. The molecule has 0 bridgehead atoms. The van der Waals surface area contributed by atoms with Crippen LogP contribution in [0.15, 0.2) is 65.6 Å². The molecule has 2 fully saturated rings. The Labute approximate surface area is 280 Å². The van der Waals surface area contributed by atoms with E-state index in [1.165, 1.54) is 40.9 Å². The van der Waals surface area contributed by atoms with Crippen LogP contribution >= 0.6 is 47.2 Å². The van der Waals surface area contributed by atoms with Crippen LogP contribution in [0.5, 0.6) is 5.75 Å². The lowest BCUT2D eigenvalue weighted by Gasteiger charge is -2.26. The highest BCUT2D eigenvalue weighted by Gasteiger charge is 2.32. The topological polar surface area (TPSA) is 108 Å². The number of nitrogens with zero attached hydrogens (tertiary/aromatic N) is 2. The first-order chi connectivity index (χ1) is 21.7. The second-order valence-corrected chi connectivity index (χ2v) is 12.7. The molecule has 0 aliphatic carbocycles. The minimum absolute atomic E-state index is 0.0100. The molecule has 2 N–H and O–H groups in total. The second kappa shape index (κ2) is 15.2. The van der Waals surface area contributed by atoms with Gasteiger partial charge in [-0.1, -0.05) is 59.3 Å². The molecule has 9 nitrogen and oxygen atoms in total. The van der Waals surface area contributed by atoms with E-state index in [1.54, 1.807) is 18.2 Å². The molecule has 13 heteroatoms. The Bertz CT molecular complexity index is 1640. The van der Waals surface area contributed by atoms with E-state index in [4.69, 9.17) is 50.0 Å². The van der Waals surface area contributed by atoms with Crippen LogP contribution < -0.4 is 10.1 Å². The third-order valence-corrected chi connectivity index (χ3v) is 9.07. The number of morpholine rings is 1. The number of aromatic carboxylic acids is 1. The van der Waals surface area contributed by atoms with Crippen molar-refractivity contribution in [3.05, 3.63) is 86.7 Å². The summed E-state index contributed by atoms with van der Waals surface area (Å²) in [7, 11) is 0. The molecule has 3 aromatic rings. The van der Waals surface area contributed by atoms with Crippen molar-refractivity contribution in [3.8, 4) is 16.9 Å². The van der Waals surface area contributed by atoms with Crippen molar-refractivity contribution in [2.75, 3.05) is 51.3 Å². The van der Waals surface area contributed by atoms with Gasteiger partial charge in [-0.15, -0.1) is 0 Å². The number of hydrogen-bond donors (Lipinski definition) is 2. The molecule has 0 unspecified atom stereocenters.